The number of aryl methyl sites for hydroxylation is 2. The normalized spacial score (nSPS) is 11.1. The number of fused-ring (bicyclic) bond motifs is 1. The molecule has 158 valence electrons. The van der Waals surface area contributed by atoms with E-state index in [0.29, 0.717) is 10.2 Å². The van der Waals surface area contributed by atoms with E-state index in [4.69, 9.17) is 0 Å². The maximum absolute atomic E-state index is 13.4. The zero-order valence-corrected chi connectivity index (χ0v) is 19.9. The summed E-state index contributed by atoms with van der Waals surface area (Å²) in [6, 6.07) is 13.7. The molecular formula is C24H22BrN3O2S. The largest absolute Gasteiger partial charge is 0.324 e. The number of halogens is 1. The predicted octanol–water partition coefficient (Wildman–Crippen LogP) is 5.71. The number of hydrogen-bond donors (Lipinski definition) is 1. The molecule has 2 aromatic carbocycles. The molecule has 1 amide bonds. The first kappa shape index (κ1) is 21.5. The van der Waals surface area contributed by atoms with Gasteiger partial charge in [-0.3, -0.25) is 14.2 Å². The molecule has 4 rings (SSSR count). The topological polar surface area (TPSA) is 64.0 Å². The molecule has 0 bridgehead atoms. The molecule has 0 aliphatic carbocycles. The first-order valence-electron chi connectivity index (χ1n) is 10.0. The minimum atomic E-state index is -0.256. The molecule has 0 saturated heterocycles. The van der Waals surface area contributed by atoms with Gasteiger partial charge in [-0.05, 0) is 55.2 Å². The Hall–Kier alpha value is -2.77. The van der Waals surface area contributed by atoms with Crippen molar-refractivity contribution >= 4 is 49.1 Å². The Bertz CT molecular complexity index is 1340. The number of hydrogen-bond acceptors (Lipinski definition) is 4. The fraction of sp³-hybridized carbons (Fsp3) is 0.208. The third-order valence-corrected chi connectivity index (χ3v) is 7.17. The Labute approximate surface area is 192 Å². The lowest BCUT2D eigenvalue weighted by atomic mass is 10.0. The average Bonchev–Trinajstić information content (AvgIpc) is 3.13. The van der Waals surface area contributed by atoms with E-state index in [2.05, 4.69) is 33.2 Å². The van der Waals surface area contributed by atoms with Crippen LogP contribution >= 0.6 is 27.3 Å². The second-order valence-electron chi connectivity index (χ2n) is 7.41. The van der Waals surface area contributed by atoms with Gasteiger partial charge in [0.05, 0.1) is 11.7 Å². The molecule has 4 aromatic rings. The summed E-state index contributed by atoms with van der Waals surface area (Å²) >= 11 is 5.00. The van der Waals surface area contributed by atoms with Gasteiger partial charge >= 0.3 is 0 Å². The molecule has 0 fully saturated rings. The molecule has 2 heterocycles. The van der Waals surface area contributed by atoms with Crippen molar-refractivity contribution < 1.29 is 4.79 Å². The number of aromatic nitrogens is 2. The van der Waals surface area contributed by atoms with E-state index < -0.39 is 0 Å². The zero-order chi connectivity index (χ0) is 22.1. The number of thiophene rings is 1. The summed E-state index contributed by atoms with van der Waals surface area (Å²) in [5, 5.41) is 3.49. The Balaban J connectivity index is 1.73. The highest BCUT2D eigenvalue weighted by Crippen LogP contribution is 2.36. The lowest BCUT2D eigenvalue weighted by Gasteiger charge is -2.11. The highest BCUT2D eigenvalue weighted by Gasteiger charge is 2.19. The SMILES string of the molecule is CCc1sc2ncn(CC(=O)Nc3cccc(C)c3C)c(=O)c2c1-c1ccc(Br)cc1. The maximum Gasteiger partial charge on any atom is 0.263 e. The molecule has 31 heavy (non-hydrogen) atoms. The molecule has 0 aliphatic rings. The van der Waals surface area contributed by atoms with Gasteiger partial charge in [0.2, 0.25) is 5.91 Å². The van der Waals surface area contributed by atoms with Gasteiger partial charge in [0.15, 0.2) is 0 Å². The number of benzene rings is 2. The van der Waals surface area contributed by atoms with Crippen LogP contribution in [0.1, 0.15) is 22.9 Å². The van der Waals surface area contributed by atoms with Gasteiger partial charge in [0, 0.05) is 20.6 Å². The highest BCUT2D eigenvalue weighted by molar-refractivity contribution is 9.10. The van der Waals surface area contributed by atoms with Gasteiger partial charge in [-0.2, -0.15) is 0 Å². The number of nitrogens with one attached hydrogen (secondary N) is 1. The van der Waals surface area contributed by atoms with Crippen molar-refractivity contribution in [2.45, 2.75) is 33.7 Å². The van der Waals surface area contributed by atoms with Gasteiger partial charge in [0.25, 0.3) is 5.56 Å². The fourth-order valence-electron chi connectivity index (χ4n) is 3.59. The van der Waals surface area contributed by atoms with Crippen molar-refractivity contribution in [2.75, 3.05) is 5.32 Å². The summed E-state index contributed by atoms with van der Waals surface area (Å²) in [6.07, 6.45) is 2.27. The van der Waals surface area contributed by atoms with Crippen LogP contribution in [0.2, 0.25) is 0 Å². The summed E-state index contributed by atoms with van der Waals surface area (Å²) < 4.78 is 2.37. The number of amides is 1. The standard InChI is InChI=1S/C24H22BrN3O2S/c1-4-19-21(16-8-10-17(25)11-9-16)22-23(31-19)26-13-28(24(22)30)12-20(29)27-18-7-5-6-14(2)15(18)3/h5-11,13H,4,12H2,1-3H3,(H,27,29). The van der Waals surface area contributed by atoms with Crippen LogP contribution in [0.4, 0.5) is 5.69 Å². The van der Waals surface area contributed by atoms with Crippen LogP contribution in [0.3, 0.4) is 0 Å². The second-order valence-corrected chi connectivity index (χ2v) is 9.41. The third-order valence-electron chi connectivity index (χ3n) is 5.40. The van der Waals surface area contributed by atoms with Gasteiger partial charge in [-0.15, -0.1) is 11.3 Å². The number of anilines is 1. The van der Waals surface area contributed by atoms with Gasteiger partial charge in [-0.25, -0.2) is 4.98 Å². The lowest BCUT2D eigenvalue weighted by Crippen LogP contribution is -2.28. The van der Waals surface area contributed by atoms with Crippen LogP contribution in [-0.2, 0) is 17.8 Å². The molecule has 0 unspecified atom stereocenters. The van der Waals surface area contributed by atoms with Crippen molar-refractivity contribution in [3.05, 3.63) is 79.6 Å². The Morgan fingerprint density at radius 1 is 1.16 bits per heavy atom. The van der Waals surface area contributed by atoms with E-state index in [1.165, 1.54) is 22.2 Å². The highest BCUT2D eigenvalue weighted by atomic mass is 79.9. The van der Waals surface area contributed by atoms with Crippen LogP contribution in [-0.4, -0.2) is 15.5 Å². The van der Waals surface area contributed by atoms with E-state index in [1.54, 1.807) is 0 Å². The monoisotopic (exact) mass is 495 g/mol. The van der Waals surface area contributed by atoms with E-state index in [1.807, 2.05) is 56.3 Å². The molecule has 1 N–H and O–H groups in total. The van der Waals surface area contributed by atoms with Crippen molar-refractivity contribution in [1.82, 2.24) is 9.55 Å². The molecule has 2 aromatic heterocycles. The second kappa shape index (κ2) is 8.77. The molecular weight excluding hydrogens is 474 g/mol. The fourth-order valence-corrected chi connectivity index (χ4v) is 4.94. The Morgan fingerprint density at radius 2 is 1.90 bits per heavy atom. The molecule has 0 saturated carbocycles. The van der Waals surface area contributed by atoms with Crippen LogP contribution < -0.4 is 10.9 Å². The number of nitrogens with zero attached hydrogens (tertiary/aromatic N) is 2. The average molecular weight is 496 g/mol. The van der Waals surface area contributed by atoms with Gasteiger partial charge in [0.1, 0.15) is 11.4 Å². The van der Waals surface area contributed by atoms with Crippen LogP contribution in [0, 0.1) is 13.8 Å². The molecule has 0 spiro atoms. The zero-order valence-electron chi connectivity index (χ0n) is 17.5. The van der Waals surface area contributed by atoms with E-state index >= 15 is 0 Å². The Morgan fingerprint density at radius 3 is 2.61 bits per heavy atom. The predicted molar refractivity (Wildman–Crippen MR) is 131 cm³/mol. The van der Waals surface area contributed by atoms with Crippen molar-refractivity contribution in [3.63, 3.8) is 0 Å². The molecule has 5 nitrogen and oxygen atoms in total. The number of carbonyl (C=O) groups excluding carboxylic acids is 1. The van der Waals surface area contributed by atoms with Crippen LogP contribution in [0.5, 0.6) is 0 Å². The molecule has 0 radical (unpaired) electrons. The summed E-state index contributed by atoms with van der Waals surface area (Å²) in [4.78, 5) is 32.4. The molecule has 0 aliphatic heterocycles. The van der Waals surface area contributed by atoms with E-state index in [9.17, 15) is 9.59 Å². The van der Waals surface area contributed by atoms with E-state index in [-0.39, 0.29) is 18.0 Å². The quantitative estimate of drug-likeness (QED) is 0.385. The van der Waals surface area contributed by atoms with Crippen LogP contribution in [0.15, 0.2) is 58.1 Å². The summed E-state index contributed by atoms with van der Waals surface area (Å²) in [7, 11) is 0. The number of rotatable bonds is 5. The Kier molecular flexibility index (Phi) is 6.07. The third kappa shape index (κ3) is 4.20. The van der Waals surface area contributed by atoms with Gasteiger partial charge < -0.3 is 5.32 Å². The minimum Gasteiger partial charge on any atom is -0.324 e. The molecule has 7 heteroatoms. The first-order valence-corrected chi connectivity index (χ1v) is 11.6. The minimum absolute atomic E-state index is 0.0910. The maximum atomic E-state index is 13.4. The van der Waals surface area contributed by atoms with Crippen LogP contribution in [0.25, 0.3) is 21.3 Å². The smallest absolute Gasteiger partial charge is 0.263 e. The van der Waals surface area contributed by atoms with Gasteiger partial charge in [-0.1, -0.05) is 47.1 Å². The summed E-state index contributed by atoms with van der Waals surface area (Å²) in [6.45, 7) is 5.95. The van der Waals surface area contributed by atoms with Crippen molar-refractivity contribution in [1.29, 1.82) is 0 Å². The lowest BCUT2D eigenvalue weighted by molar-refractivity contribution is -0.116. The summed E-state index contributed by atoms with van der Waals surface area (Å²) in [5.74, 6) is -0.256. The first-order chi connectivity index (χ1) is 14.9. The molecule has 0 atom stereocenters. The van der Waals surface area contributed by atoms with Crippen molar-refractivity contribution in [2.24, 2.45) is 0 Å². The number of carbonyl (C=O) groups is 1. The van der Waals surface area contributed by atoms with E-state index in [0.717, 1.165) is 43.7 Å². The van der Waals surface area contributed by atoms with Crippen molar-refractivity contribution in [3.8, 4) is 11.1 Å². The summed E-state index contributed by atoms with van der Waals surface area (Å²) in [5.41, 5.74) is 4.56.